The molecule has 0 atom stereocenters. The van der Waals surface area contributed by atoms with E-state index in [9.17, 15) is 9.90 Å². The molecule has 1 aromatic carbocycles. The highest BCUT2D eigenvalue weighted by molar-refractivity contribution is 6.30. The second kappa shape index (κ2) is 5.67. The van der Waals surface area contributed by atoms with E-state index < -0.39 is 5.97 Å². The highest BCUT2D eigenvalue weighted by atomic mass is 35.5. The van der Waals surface area contributed by atoms with Gasteiger partial charge in [0.25, 0.3) is 0 Å². The van der Waals surface area contributed by atoms with Crippen molar-refractivity contribution in [3.05, 3.63) is 46.2 Å². The Balaban J connectivity index is 2.58. The van der Waals surface area contributed by atoms with Crippen LogP contribution < -0.4 is 5.11 Å². The fourth-order valence-electron chi connectivity index (χ4n) is 2.21. The van der Waals surface area contributed by atoms with E-state index in [2.05, 4.69) is 5.10 Å². The molecular weight excluding hydrogens is 276 g/mol. The zero-order valence-corrected chi connectivity index (χ0v) is 12.4. The zero-order valence-electron chi connectivity index (χ0n) is 11.7. The molecule has 0 N–H and O–H groups in total. The van der Waals surface area contributed by atoms with Gasteiger partial charge < -0.3 is 9.90 Å². The van der Waals surface area contributed by atoms with Crippen LogP contribution in [-0.4, -0.2) is 15.7 Å². The van der Waals surface area contributed by atoms with Gasteiger partial charge in [0.2, 0.25) is 0 Å². The van der Waals surface area contributed by atoms with Gasteiger partial charge in [0, 0.05) is 10.6 Å². The van der Waals surface area contributed by atoms with Gasteiger partial charge >= 0.3 is 0 Å². The van der Waals surface area contributed by atoms with Crippen LogP contribution in [0.2, 0.25) is 5.02 Å². The molecule has 0 aliphatic carbocycles. The molecular formula is C15H16ClN2O2-. The lowest BCUT2D eigenvalue weighted by Gasteiger charge is -2.06. The van der Waals surface area contributed by atoms with Crippen molar-refractivity contribution >= 4 is 17.6 Å². The molecule has 106 valence electrons. The van der Waals surface area contributed by atoms with E-state index in [4.69, 9.17) is 11.6 Å². The Bertz CT molecular complexity index is 647. The van der Waals surface area contributed by atoms with Crippen LogP contribution >= 0.6 is 11.6 Å². The number of hydrogen-bond donors (Lipinski definition) is 0. The number of halogens is 1. The largest absolute Gasteiger partial charge is 0.545 e. The summed E-state index contributed by atoms with van der Waals surface area (Å²) in [5.74, 6) is -0.873. The van der Waals surface area contributed by atoms with Crippen LogP contribution in [0.15, 0.2) is 24.3 Å². The Morgan fingerprint density at radius 2 is 2.15 bits per heavy atom. The van der Waals surface area contributed by atoms with Gasteiger partial charge in [-0.15, -0.1) is 0 Å². The predicted octanol–water partition coefficient (Wildman–Crippen LogP) is 2.40. The Labute approximate surface area is 123 Å². The number of carboxylic acid groups (broad SMARTS) is 1. The second-order valence-electron chi connectivity index (χ2n) is 5.18. The van der Waals surface area contributed by atoms with E-state index in [1.807, 2.05) is 19.9 Å². The quantitative estimate of drug-likeness (QED) is 0.869. The van der Waals surface area contributed by atoms with E-state index in [0.717, 1.165) is 5.69 Å². The number of nitrogens with zero attached hydrogens (tertiary/aromatic N) is 2. The van der Waals surface area contributed by atoms with E-state index in [0.29, 0.717) is 28.7 Å². The number of aromatic nitrogens is 2. The minimum absolute atomic E-state index is 0.179. The number of carbonyl (C=O) groups is 1. The van der Waals surface area contributed by atoms with Gasteiger partial charge in [-0.05, 0) is 37.5 Å². The smallest absolute Gasteiger partial charge is 0.0752 e. The van der Waals surface area contributed by atoms with Crippen molar-refractivity contribution in [3.63, 3.8) is 0 Å². The molecule has 5 heteroatoms. The summed E-state index contributed by atoms with van der Waals surface area (Å²) in [7, 11) is 0. The summed E-state index contributed by atoms with van der Waals surface area (Å²) < 4.78 is 1.61. The van der Waals surface area contributed by atoms with Gasteiger partial charge in [-0.2, -0.15) is 5.10 Å². The predicted molar refractivity (Wildman–Crippen MR) is 76.2 cm³/mol. The molecule has 1 aromatic heterocycles. The number of hydrogen-bond acceptors (Lipinski definition) is 3. The van der Waals surface area contributed by atoms with Crippen LogP contribution in [0.3, 0.4) is 0 Å². The number of carboxylic acids is 1. The highest BCUT2D eigenvalue weighted by Gasteiger charge is 2.17. The van der Waals surface area contributed by atoms with Crippen LogP contribution in [-0.2, 0) is 6.42 Å². The molecule has 0 fully saturated rings. The van der Waals surface area contributed by atoms with E-state index in [-0.39, 0.29) is 5.56 Å². The molecule has 0 amide bonds. The third-order valence-corrected chi connectivity index (χ3v) is 3.28. The van der Waals surface area contributed by atoms with Crippen LogP contribution in [0.5, 0.6) is 0 Å². The SMILES string of the molecule is Cc1c(C(=O)[O-])c(CC(C)C)nn1-c1cccc(Cl)c1. The van der Waals surface area contributed by atoms with E-state index in [1.165, 1.54) is 0 Å². The fraction of sp³-hybridized carbons (Fsp3) is 0.333. The standard InChI is InChI=1S/C15H17ClN2O2/c1-9(2)7-13-14(15(19)20)10(3)18(17-13)12-6-4-5-11(16)8-12/h4-6,8-9H,7H2,1-3H3,(H,19,20)/p-1. The minimum Gasteiger partial charge on any atom is -0.545 e. The summed E-state index contributed by atoms with van der Waals surface area (Å²) in [6, 6.07) is 7.15. The first-order valence-electron chi connectivity index (χ1n) is 6.46. The molecule has 0 aliphatic rings. The summed E-state index contributed by atoms with van der Waals surface area (Å²) in [4.78, 5) is 11.3. The summed E-state index contributed by atoms with van der Waals surface area (Å²) in [5.41, 5.74) is 2.03. The van der Waals surface area contributed by atoms with Gasteiger partial charge in [-0.25, -0.2) is 4.68 Å². The molecule has 1 heterocycles. The second-order valence-corrected chi connectivity index (χ2v) is 5.62. The van der Waals surface area contributed by atoms with Gasteiger partial charge in [-0.1, -0.05) is 31.5 Å². The first-order chi connectivity index (χ1) is 9.40. The fourth-order valence-corrected chi connectivity index (χ4v) is 2.40. The van der Waals surface area contributed by atoms with Crippen molar-refractivity contribution in [3.8, 4) is 5.69 Å². The average molecular weight is 292 g/mol. The van der Waals surface area contributed by atoms with Crippen molar-refractivity contribution in [1.29, 1.82) is 0 Å². The minimum atomic E-state index is -1.19. The monoisotopic (exact) mass is 291 g/mol. The molecule has 0 saturated heterocycles. The first kappa shape index (κ1) is 14.6. The lowest BCUT2D eigenvalue weighted by atomic mass is 10.0. The van der Waals surface area contributed by atoms with Gasteiger partial charge in [-0.3, -0.25) is 0 Å². The maximum atomic E-state index is 11.3. The van der Waals surface area contributed by atoms with Crippen molar-refractivity contribution in [2.75, 3.05) is 0 Å². The van der Waals surface area contributed by atoms with Crippen LogP contribution in [0.4, 0.5) is 0 Å². The van der Waals surface area contributed by atoms with Crippen molar-refractivity contribution < 1.29 is 9.90 Å². The van der Waals surface area contributed by atoms with E-state index >= 15 is 0 Å². The summed E-state index contributed by atoms with van der Waals surface area (Å²) in [6.07, 6.45) is 0.595. The van der Waals surface area contributed by atoms with E-state index in [1.54, 1.807) is 29.8 Å². The summed E-state index contributed by atoms with van der Waals surface area (Å²) in [5, 5.41) is 16.3. The van der Waals surface area contributed by atoms with Crippen molar-refractivity contribution in [1.82, 2.24) is 9.78 Å². The normalized spacial score (nSPS) is 11.1. The lowest BCUT2D eigenvalue weighted by Crippen LogP contribution is -2.24. The molecule has 4 nitrogen and oxygen atoms in total. The molecule has 20 heavy (non-hydrogen) atoms. The number of aromatic carboxylic acids is 1. The van der Waals surface area contributed by atoms with Crippen LogP contribution in [0, 0.1) is 12.8 Å². The van der Waals surface area contributed by atoms with Gasteiger partial charge in [0.15, 0.2) is 0 Å². The first-order valence-corrected chi connectivity index (χ1v) is 6.83. The van der Waals surface area contributed by atoms with Crippen LogP contribution in [0.1, 0.15) is 35.6 Å². The maximum absolute atomic E-state index is 11.3. The number of rotatable bonds is 4. The zero-order chi connectivity index (χ0) is 14.9. The Morgan fingerprint density at radius 1 is 1.45 bits per heavy atom. The molecule has 2 rings (SSSR count). The molecule has 0 spiro atoms. The molecule has 0 saturated carbocycles. The molecule has 0 bridgehead atoms. The molecule has 0 unspecified atom stereocenters. The van der Waals surface area contributed by atoms with Crippen molar-refractivity contribution in [2.24, 2.45) is 5.92 Å². The number of carbonyl (C=O) groups excluding carboxylic acids is 1. The third kappa shape index (κ3) is 2.85. The molecule has 0 radical (unpaired) electrons. The number of benzene rings is 1. The van der Waals surface area contributed by atoms with Crippen molar-refractivity contribution in [2.45, 2.75) is 27.2 Å². The maximum Gasteiger partial charge on any atom is 0.0752 e. The molecule has 0 aliphatic heterocycles. The summed E-state index contributed by atoms with van der Waals surface area (Å²) >= 11 is 5.97. The topological polar surface area (TPSA) is 57.9 Å². The lowest BCUT2D eigenvalue weighted by molar-refractivity contribution is -0.255. The average Bonchev–Trinajstić information content (AvgIpc) is 2.65. The van der Waals surface area contributed by atoms with Crippen LogP contribution in [0.25, 0.3) is 5.69 Å². The van der Waals surface area contributed by atoms with Gasteiger partial charge in [0.05, 0.1) is 23.0 Å². The van der Waals surface area contributed by atoms with Gasteiger partial charge in [0.1, 0.15) is 0 Å². The Hall–Kier alpha value is -1.81. The highest BCUT2D eigenvalue weighted by Crippen LogP contribution is 2.22. The third-order valence-electron chi connectivity index (χ3n) is 3.05. The Morgan fingerprint density at radius 3 is 2.70 bits per heavy atom. The Kier molecular flexibility index (Phi) is 4.14. The molecule has 2 aromatic rings. The summed E-state index contributed by atoms with van der Waals surface area (Å²) in [6.45, 7) is 5.77.